The summed E-state index contributed by atoms with van der Waals surface area (Å²) >= 11 is 0. The van der Waals surface area contributed by atoms with Gasteiger partial charge < -0.3 is 39.2 Å². The maximum absolute atomic E-state index is 12.9. The molecule has 250 valence electrons. The molecule has 3 heterocycles. The van der Waals surface area contributed by atoms with Crippen LogP contribution in [0.5, 0.6) is 5.75 Å². The second kappa shape index (κ2) is 14.3. The van der Waals surface area contributed by atoms with E-state index < -0.39 is 5.60 Å². The molecule has 2 aromatic carbocycles. The van der Waals surface area contributed by atoms with E-state index in [0.717, 1.165) is 40.3 Å². The second-order valence-corrected chi connectivity index (χ2v) is 12.8. The van der Waals surface area contributed by atoms with Crippen molar-refractivity contribution in [1.82, 2.24) is 19.4 Å². The van der Waals surface area contributed by atoms with Crippen LogP contribution in [0.2, 0.25) is 0 Å². The Morgan fingerprint density at radius 1 is 1.15 bits per heavy atom. The highest BCUT2D eigenvalue weighted by atomic mass is 16.6. The van der Waals surface area contributed by atoms with Crippen LogP contribution in [-0.2, 0) is 22.6 Å². The van der Waals surface area contributed by atoms with E-state index in [9.17, 15) is 4.79 Å². The average Bonchev–Trinajstić information content (AvgIpc) is 3.37. The topological polar surface area (TPSA) is 106 Å². The number of fused-ring (bicyclic) bond motifs is 3. The highest BCUT2D eigenvalue weighted by Crippen LogP contribution is 2.39. The second-order valence-electron chi connectivity index (χ2n) is 12.8. The number of nitrogens with one attached hydrogen (secondary N) is 2. The van der Waals surface area contributed by atoms with Gasteiger partial charge in [-0.1, -0.05) is 24.3 Å². The lowest BCUT2D eigenvalue weighted by molar-refractivity contribution is 0.0198. The average molecular weight is 642 g/mol. The molecule has 0 saturated carbocycles. The van der Waals surface area contributed by atoms with Crippen LogP contribution in [0.1, 0.15) is 47.2 Å². The van der Waals surface area contributed by atoms with Gasteiger partial charge in [0.1, 0.15) is 11.4 Å². The number of hydrogen-bond acceptors (Lipinski definition) is 9. The maximum Gasteiger partial charge on any atom is 0.410 e. The Kier molecular flexibility index (Phi) is 10.2. The molecule has 11 nitrogen and oxygen atoms in total. The molecule has 5 rings (SSSR count). The Bertz CT molecular complexity index is 1740. The van der Waals surface area contributed by atoms with Crippen molar-refractivity contribution in [3.63, 3.8) is 0 Å². The lowest BCUT2D eigenvalue weighted by Gasteiger charge is -2.32. The molecule has 0 fully saturated rings. The molecule has 2 aromatic heterocycles. The van der Waals surface area contributed by atoms with E-state index in [-0.39, 0.29) is 12.1 Å². The number of ether oxygens (including phenoxy) is 3. The fourth-order valence-corrected chi connectivity index (χ4v) is 5.75. The van der Waals surface area contributed by atoms with Crippen molar-refractivity contribution in [2.24, 2.45) is 0 Å². The number of likely N-dealkylation sites (N-methyl/N-ethyl adjacent to an activating group) is 1. The summed E-state index contributed by atoms with van der Waals surface area (Å²) in [5.41, 5.74) is 6.07. The Morgan fingerprint density at radius 2 is 1.94 bits per heavy atom. The Balaban J connectivity index is 1.43. The molecule has 0 bridgehead atoms. The molecule has 0 aliphatic carbocycles. The first-order valence-electron chi connectivity index (χ1n) is 16.1. The van der Waals surface area contributed by atoms with Gasteiger partial charge in [-0.05, 0) is 65.9 Å². The summed E-state index contributed by atoms with van der Waals surface area (Å²) in [4.78, 5) is 26.3. The predicted octanol–water partition coefficient (Wildman–Crippen LogP) is 7.41. The fraction of sp³-hybridized carbons (Fsp3) is 0.417. The summed E-state index contributed by atoms with van der Waals surface area (Å²) in [5, 5.41) is 7.94. The molecule has 1 amide bonds. The van der Waals surface area contributed by atoms with Crippen LogP contribution in [0.25, 0.3) is 22.2 Å². The lowest BCUT2D eigenvalue weighted by Crippen LogP contribution is -2.44. The standard InChI is InChI=1S/C36H47N7O4/c1-9-15-37-27-21-28(32(45-8)22-30(27)41(7)17-18-42(24(2)3)35(44)47-36(4,5)6)40-34-38-16-14-26(39-34)33-25-12-10-11-13-29(25)43-19-20-46-23-31(33)43/h9-16,21-22,24,37H,17-20,23H2,1-8H3,(H,38,39,40). The van der Waals surface area contributed by atoms with Gasteiger partial charge in [0.25, 0.3) is 0 Å². The molecule has 2 N–H and O–H groups in total. The normalized spacial score (nSPS) is 13.1. The number of amides is 1. The van der Waals surface area contributed by atoms with Crippen LogP contribution in [-0.4, -0.2) is 71.0 Å². The van der Waals surface area contributed by atoms with E-state index >= 15 is 0 Å². The van der Waals surface area contributed by atoms with Crippen molar-refractivity contribution >= 4 is 40.0 Å². The van der Waals surface area contributed by atoms with Crippen molar-refractivity contribution in [2.75, 3.05) is 49.4 Å². The smallest absolute Gasteiger partial charge is 0.410 e. The summed E-state index contributed by atoms with van der Waals surface area (Å²) in [6.45, 7) is 14.7. The number of aromatic nitrogens is 3. The lowest BCUT2D eigenvalue weighted by atomic mass is 10.1. The van der Waals surface area contributed by atoms with Crippen LogP contribution in [0.15, 0.2) is 60.9 Å². The first-order chi connectivity index (χ1) is 22.5. The minimum Gasteiger partial charge on any atom is -0.494 e. The Hall–Kier alpha value is -4.77. The minimum atomic E-state index is -0.567. The van der Waals surface area contributed by atoms with Crippen molar-refractivity contribution in [1.29, 1.82) is 0 Å². The van der Waals surface area contributed by atoms with E-state index in [2.05, 4.69) is 49.4 Å². The number of anilines is 4. The maximum atomic E-state index is 12.9. The molecular weight excluding hydrogens is 594 g/mol. The summed E-state index contributed by atoms with van der Waals surface area (Å²) in [6.07, 6.45) is 5.26. The van der Waals surface area contributed by atoms with Gasteiger partial charge >= 0.3 is 6.09 Å². The number of hydrogen-bond donors (Lipinski definition) is 2. The van der Waals surface area contributed by atoms with Gasteiger partial charge in [-0.3, -0.25) is 0 Å². The molecule has 0 spiro atoms. The molecule has 1 aliphatic rings. The molecule has 0 saturated heterocycles. The third-order valence-electron chi connectivity index (χ3n) is 8.00. The van der Waals surface area contributed by atoms with Crippen LogP contribution < -0.4 is 20.3 Å². The summed E-state index contributed by atoms with van der Waals surface area (Å²) in [7, 11) is 3.64. The number of carbonyl (C=O) groups is 1. The zero-order valence-electron chi connectivity index (χ0n) is 28.8. The van der Waals surface area contributed by atoms with Crippen molar-refractivity contribution in [3.05, 3.63) is 66.6 Å². The van der Waals surface area contributed by atoms with Gasteiger partial charge in [-0.2, -0.15) is 0 Å². The monoisotopic (exact) mass is 641 g/mol. The predicted molar refractivity (Wildman–Crippen MR) is 189 cm³/mol. The zero-order chi connectivity index (χ0) is 33.7. The van der Waals surface area contributed by atoms with Crippen LogP contribution in [0.3, 0.4) is 0 Å². The van der Waals surface area contributed by atoms with E-state index in [1.165, 1.54) is 5.52 Å². The van der Waals surface area contributed by atoms with Crippen LogP contribution >= 0.6 is 0 Å². The van der Waals surface area contributed by atoms with E-state index in [1.54, 1.807) is 18.2 Å². The number of carbonyl (C=O) groups excluding carboxylic acids is 1. The minimum absolute atomic E-state index is 0.0151. The molecule has 11 heteroatoms. The summed E-state index contributed by atoms with van der Waals surface area (Å²) in [5.74, 6) is 1.07. The van der Waals surface area contributed by atoms with Crippen molar-refractivity contribution in [3.8, 4) is 17.0 Å². The Morgan fingerprint density at radius 3 is 2.66 bits per heavy atom. The van der Waals surface area contributed by atoms with Gasteiger partial charge in [0.15, 0.2) is 0 Å². The highest BCUT2D eigenvalue weighted by Gasteiger charge is 2.25. The molecule has 0 unspecified atom stereocenters. The third-order valence-corrected chi connectivity index (χ3v) is 8.00. The largest absolute Gasteiger partial charge is 0.494 e. The summed E-state index contributed by atoms with van der Waals surface area (Å²) in [6, 6.07) is 14.3. The van der Waals surface area contributed by atoms with Crippen molar-refractivity contribution < 1.29 is 19.0 Å². The third kappa shape index (κ3) is 7.62. The molecular formula is C36H47N7O4. The number of benzene rings is 2. The number of methoxy groups -OCH3 is 1. The van der Waals surface area contributed by atoms with Crippen molar-refractivity contribution in [2.45, 2.75) is 66.3 Å². The van der Waals surface area contributed by atoms with Crippen LogP contribution in [0, 0.1) is 0 Å². The summed E-state index contributed by atoms with van der Waals surface area (Å²) < 4.78 is 19.7. The first-order valence-corrected chi connectivity index (χ1v) is 16.1. The highest BCUT2D eigenvalue weighted by molar-refractivity contribution is 5.97. The zero-order valence-corrected chi connectivity index (χ0v) is 28.8. The van der Waals surface area contributed by atoms with E-state index in [0.29, 0.717) is 43.7 Å². The molecule has 47 heavy (non-hydrogen) atoms. The van der Waals surface area contributed by atoms with Gasteiger partial charge in [0, 0.05) is 61.5 Å². The molecule has 1 aliphatic heterocycles. The number of rotatable bonds is 11. The number of allylic oxidation sites excluding steroid dienone is 1. The Labute approximate surface area is 277 Å². The van der Waals surface area contributed by atoms with Gasteiger partial charge in [0.05, 0.1) is 48.8 Å². The fourth-order valence-electron chi connectivity index (χ4n) is 5.75. The first kappa shape index (κ1) is 33.6. The number of para-hydroxylation sites is 1. The SMILES string of the molecule is CC=CNc1cc(Nc2nccc(-c3c4n(c5ccccc35)CCOC4)n2)c(OC)cc1N(C)CCN(C(=O)OC(C)(C)C)C(C)C. The van der Waals surface area contributed by atoms with Gasteiger partial charge in [-0.25, -0.2) is 14.8 Å². The number of nitrogens with zero attached hydrogens (tertiary/aromatic N) is 5. The van der Waals surface area contributed by atoms with Gasteiger partial charge in [-0.15, -0.1) is 0 Å². The van der Waals surface area contributed by atoms with Gasteiger partial charge in [0.2, 0.25) is 5.95 Å². The quantitative estimate of drug-likeness (QED) is 0.173. The van der Waals surface area contributed by atoms with E-state index in [4.69, 9.17) is 19.2 Å². The van der Waals surface area contributed by atoms with E-state index in [1.807, 2.05) is 79.1 Å². The molecule has 0 atom stereocenters. The molecule has 0 radical (unpaired) electrons. The van der Waals surface area contributed by atoms with Crippen LogP contribution in [0.4, 0.5) is 27.8 Å². The molecule has 4 aromatic rings.